The predicted molar refractivity (Wildman–Crippen MR) is 121 cm³/mol. The monoisotopic (exact) mass is 457 g/mol. The number of hydrogen-bond donors (Lipinski definition) is 1. The standard InChI is InChI=1S/C23H27N3O5S/c1-2-31-20-9-7-19(8-10-20)26-16-17(15-22(26)27)23(28)24-18-5-11-21(12-6-18)32(29,30)25-13-3-4-14-25/h5-12,17H,2-4,13-16H2,1H3,(H,24,28)/t17-/m1/s1. The number of sulfonamides is 1. The first-order chi connectivity index (χ1) is 15.4. The van der Waals surface area contributed by atoms with Crippen molar-refractivity contribution in [2.45, 2.75) is 31.1 Å². The van der Waals surface area contributed by atoms with E-state index in [2.05, 4.69) is 5.32 Å². The lowest BCUT2D eigenvalue weighted by atomic mass is 10.1. The van der Waals surface area contributed by atoms with Crippen molar-refractivity contribution in [1.29, 1.82) is 0 Å². The summed E-state index contributed by atoms with van der Waals surface area (Å²) in [7, 11) is -3.49. The smallest absolute Gasteiger partial charge is 0.243 e. The molecule has 2 aliphatic heterocycles. The van der Waals surface area contributed by atoms with Gasteiger partial charge in [-0.3, -0.25) is 9.59 Å². The third kappa shape index (κ3) is 4.63. The molecular formula is C23H27N3O5S. The van der Waals surface area contributed by atoms with E-state index in [0.717, 1.165) is 24.3 Å². The maximum Gasteiger partial charge on any atom is 0.243 e. The summed E-state index contributed by atoms with van der Waals surface area (Å²) in [6, 6.07) is 13.4. The lowest BCUT2D eigenvalue weighted by Gasteiger charge is -2.17. The van der Waals surface area contributed by atoms with E-state index in [9.17, 15) is 18.0 Å². The van der Waals surface area contributed by atoms with Crippen molar-refractivity contribution in [3.05, 3.63) is 48.5 Å². The van der Waals surface area contributed by atoms with Crippen molar-refractivity contribution in [2.75, 3.05) is 36.5 Å². The normalized spacial score (nSPS) is 19.3. The number of amides is 2. The molecule has 0 aromatic heterocycles. The summed E-state index contributed by atoms with van der Waals surface area (Å²) in [5, 5.41) is 2.80. The molecule has 0 radical (unpaired) electrons. The van der Waals surface area contributed by atoms with E-state index in [-0.39, 0.29) is 23.1 Å². The molecular weight excluding hydrogens is 430 g/mol. The highest BCUT2D eigenvalue weighted by Gasteiger charge is 2.35. The Balaban J connectivity index is 1.38. The van der Waals surface area contributed by atoms with Crippen molar-refractivity contribution in [3.8, 4) is 5.75 Å². The van der Waals surface area contributed by atoms with Crippen LogP contribution in [-0.4, -0.2) is 50.8 Å². The van der Waals surface area contributed by atoms with Crippen LogP contribution in [0.3, 0.4) is 0 Å². The summed E-state index contributed by atoms with van der Waals surface area (Å²) >= 11 is 0. The number of benzene rings is 2. The van der Waals surface area contributed by atoms with Gasteiger partial charge in [-0.1, -0.05) is 0 Å². The van der Waals surface area contributed by atoms with Crippen molar-refractivity contribution in [3.63, 3.8) is 0 Å². The van der Waals surface area contributed by atoms with Crippen LogP contribution in [0.2, 0.25) is 0 Å². The molecule has 0 spiro atoms. The van der Waals surface area contributed by atoms with Crippen LogP contribution in [0.4, 0.5) is 11.4 Å². The summed E-state index contributed by atoms with van der Waals surface area (Å²) in [4.78, 5) is 27.0. The highest BCUT2D eigenvalue weighted by atomic mass is 32.2. The number of carbonyl (C=O) groups is 2. The first kappa shape index (κ1) is 22.3. The number of carbonyl (C=O) groups excluding carboxylic acids is 2. The minimum Gasteiger partial charge on any atom is -0.494 e. The van der Waals surface area contributed by atoms with E-state index in [1.807, 2.05) is 19.1 Å². The predicted octanol–water partition coefficient (Wildman–Crippen LogP) is 2.86. The summed E-state index contributed by atoms with van der Waals surface area (Å²) in [6.07, 6.45) is 1.88. The van der Waals surface area contributed by atoms with Gasteiger partial charge in [-0.05, 0) is 68.3 Å². The quantitative estimate of drug-likeness (QED) is 0.690. The fourth-order valence-electron chi connectivity index (χ4n) is 4.05. The van der Waals surface area contributed by atoms with Crippen LogP contribution in [0.1, 0.15) is 26.2 Å². The Morgan fingerprint density at radius 1 is 1.06 bits per heavy atom. The van der Waals surface area contributed by atoms with Gasteiger partial charge in [-0.25, -0.2) is 8.42 Å². The van der Waals surface area contributed by atoms with Crippen molar-refractivity contribution < 1.29 is 22.7 Å². The van der Waals surface area contributed by atoms with Gasteiger partial charge in [0.15, 0.2) is 0 Å². The van der Waals surface area contributed by atoms with E-state index < -0.39 is 15.9 Å². The second-order valence-electron chi connectivity index (χ2n) is 7.96. The SMILES string of the molecule is CCOc1ccc(N2C[C@H](C(=O)Nc3ccc(S(=O)(=O)N4CCCC4)cc3)CC2=O)cc1. The first-order valence-electron chi connectivity index (χ1n) is 10.8. The van der Waals surface area contributed by atoms with Crippen molar-refractivity contribution >= 4 is 33.2 Å². The van der Waals surface area contributed by atoms with Crippen LogP contribution < -0.4 is 15.0 Å². The summed E-state index contributed by atoms with van der Waals surface area (Å²) < 4.78 is 32.2. The fraction of sp³-hybridized carbons (Fsp3) is 0.391. The third-order valence-corrected chi connectivity index (χ3v) is 7.69. The summed E-state index contributed by atoms with van der Waals surface area (Å²) in [5.74, 6) is -0.127. The molecule has 0 bridgehead atoms. The molecule has 2 aromatic rings. The maximum atomic E-state index is 12.7. The Bertz CT molecular complexity index is 1080. The Kier molecular flexibility index (Phi) is 6.48. The van der Waals surface area contributed by atoms with Crippen LogP contribution in [0.15, 0.2) is 53.4 Å². The number of rotatable bonds is 7. The number of ether oxygens (including phenoxy) is 1. The van der Waals surface area contributed by atoms with Crippen LogP contribution >= 0.6 is 0 Å². The highest BCUT2D eigenvalue weighted by Crippen LogP contribution is 2.28. The molecule has 2 heterocycles. The Labute approximate surface area is 188 Å². The zero-order valence-electron chi connectivity index (χ0n) is 18.0. The van der Waals surface area contributed by atoms with Gasteiger partial charge in [0.05, 0.1) is 17.4 Å². The van der Waals surface area contributed by atoms with E-state index >= 15 is 0 Å². The number of nitrogens with zero attached hydrogens (tertiary/aromatic N) is 2. The largest absolute Gasteiger partial charge is 0.494 e. The van der Waals surface area contributed by atoms with Gasteiger partial charge in [-0.2, -0.15) is 4.31 Å². The van der Waals surface area contributed by atoms with E-state index in [0.29, 0.717) is 31.9 Å². The summed E-state index contributed by atoms with van der Waals surface area (Å²) in [5.41, 5.74) is 1.23. The van der Waals surface area contributed by atoms with Crippen LogP contribution in [0.25, 0.3) is 0 Å². The molecule has 2 saturated heterocycles. The summed E-state index contributed by atoms with van der Waals surface area (Å²) in [6.45, 7) is 3.85. The second kappa shape index (κ2) is 9.30. The van der Waals surface area contributed by atoms with Crippen LogP contribution in [-0.2, 0) is 19.6 Å². The Morgan fingerprint density at radius 2 is 1.72 bits per heavy atom. The molecule has 170 valence electrons. The number of hydrogen-bond acceptors (Lipinski definition) is 5. The molecule has 4 rings (SSSR count). The minimum atomic E-state index is -3.49. The van der Waals surface area contributed by atoms with Gasteiger partial charge in [0.25, 0.3) is 0 Å². The molecule has 2 fully saturated rings. The molecule has 9 heteroatoms. The van der Waals surface area contributed by atoms with Crippen LogP contribution in [0, 0.1) is 5.92 Å². The molecule has 2 amide bonds. The Hall–Kier alpha value is -2.91. The average molecular weight is 458 g/mol. The lowest BCUT2D eigenvalue weighted by Crippen LogP contribution is -2.28. The Morgan fingerprint density at radius 3 is 2.34 bits per heavy atom. The molecule has 1 atom stereocenters. The van der Waals surface area contributed by atoms with E-state index in [1.54, 1.807) is 29.2 Å². The van der Waals surface area contributed by atoms with Crippen LogP contribution in [0.5, 0.6) is 5.75 Å². The van der Waals surface area contributed by atoms with Gasteiger partial charge in [0, 0.05) is 37.4 Å². The van der Waals surface area contributed by atoms with Gasteiger partial charge in [0.2, 0.25) is 21.8 Å². The minimum absolute atomic E-state index is 0.110. The second-order valence-corrected chi connectivity index (χ2v) is 9.90. The number of nitrogens with one attached hydrogen (secondary N) is 1. The van der Waals surface area contributed by atoms with Gasteiger partial charge >= 0.3 is 0 Å². The molecule has 2 aliphatic rings. The van der Waals surface area contributed by atoms with E-state index in [1.165, 1.54) is 16.4 Å². The highest BCUT2D eigenvalue weighted by molar-refractivity contribution is 7.89. The van der Waals surface area contributed by atoms with Gasteiger partial charge < -0.3 is 15.0 Å². The maximum absolute atomic E-state index is 12.7. The third-order valence-electron chi connectivity index (χ3n) is 5.78. The molecule has 32 heavy (non-hydrogen) atoms. The van der Waals surface area contributed by atoms with Gasteiger partial charge in [0.1, 0.15) is 5.75 Å². The van der Waals surface area contributed by atoms with Gasteiger partial charge in [-0.15, -0.1) is 0 Å². The van der Waals surface area contributed by atoms with Crippen molar-refractivity contribution in [2.24, 2.45) is 5.92 Å². The zero-order chi connectivity index (χ0) is 22.7. The molecule has 8 nitrogen and oxygen atoms in total. The molecule has 0 unspecified atom stereocenters. The first-order valence-corrected chi connectivity index (χ1v) is 12.3. The van der Waals surface area contributed by atoms with E-state index in [4.69, 9.17) is 4.74 Å². The fourth-order valence-corrected chi connectivity index (χ4v) is 5.57. The average Bonchev–Trinajstić information content (AvgIpc) is 3.46. The molecule has 1 N–H and O–H groups in total. The van der Waals surface area contributed by atoms with Crippen molar-refractivity contribution in [1.82, 2.24) is 4.31 Å². The zero-order valence-corrected chi connectivity index (χ0v) is 18.8. The topological polar surface area (TPSA) is 96.0 Å². The molecule has 0 saturated carbocycles. The molecule has 2 aromatic carbocycles. The lowest BCUT2D eigenvalue weighted by molar-refractivity contribution is -0.122. The molecule has 0 aliphatic carbocycles. The number of anilines is 2.